The molecule has 2 aliphatic heterocycles. The van der Waals surface area contributed by atoms with Crippen molar-refractivity contribution in [2.45, 2.75) is 19.4 Å². The van der Waals surface area contributed by atoms with Gasteiger partial charge in [-0.25, -0.2) is 0 Å². The van der Waals surface area contributed by atoms with Gasteiger partial charge in [-0.05, 0) is 48.4 Å². The second-order valence-corrected chi connectivity index (χ2v) is 8.59. The van der Waals surface area contributed by atoms with E-state index in [1.54, 1.807) is 48.4 Å². The molecule has 1 unspecified atom stereocenters. The molecule has 2 saturated heterocycles. The molecule has 0 bridgehead atoms. The number of hydrogen-bond donors (Lipinski definition) is 1. The van der Waals surface area contributed by atoms with Crippen LogP contribution in [-0.4, -0.2) is 79.7 Å². The fourth-order valence-corrected chi connectivity index (χ4v) is 4.40. The van der Waals surface area contributed by atoms with E-state index in [-0.39, 0.29) is 11.3 Å². The third-order valence-electron chi connectivity index (χ3n) is 6.33. The highest BCUT2D eigenvalue weighted by Crippen LogP contribution is 2.39. The molecule has 1 atom stereocenters. The summed E-state index contributed by atoms with van der Waals surface area (Å²) in [6, 6.07) is 13.4. The Morgan fingerprint density at radius 3 is 2.29 bits per heavy atom. The minimum absolute atomic E-state index is 0.0874. The summed E-state index contributed by atoms with van der Waals surface area (Å²) < 4.78 is 16.3. The predicted octanol–water partition coefficient (Wildman–Crippen LogP) is 3.24. The molecule has 1 N–H and O–H groups in total. The Labute approximate surface area is 205 Å². The Morgan fingerprint density at radius 1 is 1.00 bits per heavy atom. The molecule has 0 aromatic heterocycles. The molecule has 0 radical (unpaired) electrons. The molecule has 2 aromatic rings. The minimum atomic E-state index is -0.696. The molecule has 2 aromatic carbocycles. The van der Waals surface area contributed by atoms with Crippen molar-refractivity contribution in [2.75, 3.05) is 53.1 Å². The number of carbonyl (C=O) groups is 2. The van der Waals surface area contributed by atoms with E-state index in [4.69, 9.17) is 14.2 Å². The molecule has 2 heterocycles. The summed E-state index contributed by atoms with van der Waals surface area (Å²) in [7, 11) is 1.58. The number of aliphatic hydroxyl groups is 1. The Morgan fingerprint density at radius 2 is 1.66 bits per heavy atom. The lowest BCUT2D eigenvalue weighted by Gasteiger charge is -2.31. The standard InChI is InChI=1S/C27H32N2O6/c1-3-16-35-22-10-6-20(7-11-22)25(30)23-24(19-4-8-21(33-2)9-5-19)29(27(32)26(23)31)13-12-28-14-17-34-18-15-28/h4-11,24,30H,3,12-18H2,1-2H3/b25-23-. The van der Waals surface area contributed by atoms with Crippen molar-refractivity contribution in [2.24, 2.45) is 0 Å². The molecule has 8 nitrogen and oxygen atoms in total. The number of amides is 1. The van der Waals surface area contributed by atoms with Gasteiger partial charge in [0.2, 0.25) is 0 Å². The Hall–Kier alpha value is -3.36. The summed E-state index contributed by atoms with van der Waals surface area (Å²) in [5, 5.41) is 11.2. The van der Waals surface area contributed by atoms with Gasteiger partial charge in [0.1, 0.15) is 17.3 Å². The first-order chi connectivity index (χ1) is 17.0. The van der Waals surface area contributed by atoms with E-state index in [1.165, 1.54) is 0 Å². The van der Waals surface area contributed by atoms with Gasteiger partial charge in [-0.2, -0.15) is 0 Å². The number of methoxy groups -OCH3 is 1. The van der Waals surface area contributed by atoms with E-state index in [2.05, 4.69) is 4.90 Å². The number of morpholine rings is 1. The smallest absolute Gasteiger partial charge is 0.295 e. The van der Waals surface area contributed by atoms with Gasteiger partial charge in [-0.3, -0.25) is 14.5 Å². The van der Waals surface area contributed by atoms with Crippen molar-refractivity contribution in [3.05, 3.63) is 65.2 Å². The number of Topliss-reactive ketones (excluding diaryl/α,β-unsaturated/α-hetero) is 1. The number of benzene rings is 2. The van der Waals surface area contributed by atoms with Crippen LogP contribution in [0.15, 0.2) is 54.1 Å². The lowest BCUT2D eigenvalue weighted by molar-refractivity contribution is -0.140. The van der Waals surface area contributed by atoms with Gasteiger partial charge in [0, 0.05) is 31.7 Å². The normalized spacial score (nSPS) is 20.3. The van der Waals surface area contributed by atoms with Crippen molar-refractivity contribution in [3.63, 3.8) is 0 Å². The molecule has 0 aliphatic carbocycles. The van der Waals surface area contributed by atoms with Crippen LogP contribution >= 0.6 is 0 Å². The monoisotopic (exact) mass is 480 g/mol. The SMILES string of the molecule is CCCOc1ccc(/C(O)=C2/C(=O)C(=O)N(CCN3CCOCC3)C2c2ccc(OC)cc2)cc1. The van der Waals surface area contributed by atoms with Crippen molar-refractivity contribution in [1.82, 2.24) is 9.80 Å². The van der Waals surface area contributed by atoms with Crippen molar-refractivity contribution < 1.29 is 28.9 Å². The molecule has 35 heavy (non-hydrogen) atoms. The van der Waals surface area contributed by atoms with Crippen LogP contribution in [-0.2, 0) is 14.3 Å². The van der Waals surface area contributed by atoms with Crippen LogP contribution in [0.25, 0.3) is 5.76 Å². The number of hydrogen-bond acceptors (Lipinski definition) is 7. The third kappa shape index (κ3) is 5.49. The van der Waals surface area contributed by atoms with Gasteiger partial charge < -0.3 is 24.2 Å². The van der Waals surface area contributed by atoms with E-state index in [0.29, 0.717) is 50.0 Å². The highest BCUT2D eigenvalue weighted by atomic mass is 16.5. The molecule has 2 fully saturated rings. The Kier molecular flexibility index (Phi) is 8.05. The number of carbonyl (C=O) groups excluding carboxylic acids is 2. The number of likely N-dealkylation sites (tertiary alicyclic amines) is 1. The van der Waals surface area contributed by atoms with E-state index < -0.39 is 17.7 Å². The zero-order valence-electron chi connectivity index (χ0n) is 20.2. The zero-order valence-corrected chi connectivity index (χ0v) is 20.2. The van der Waals surface area contributed by atoms with E-state index in [9.17, 15) is 14.7 Å². The largest absolute Gasteiger partial charge is 0.507 e. The van der Waals surface area contributed by atoms with Crippen LogP contribution in [0.4, 0.5) is 0 Å². The zero-order chi connectivity index (χ0) is 24.8. The van der Waals surface area contributed by atoms with Crippen LogP contribution in [0.5, 0.6) is 11.5 Å². The average Bonchev–Trinajstić information content (AvgIpc) is 3.16. The molecule has 2 aliphatic rings. The summed E-state index contributed by atoms with van der Waals surface area (Å²) in [6.07, 6.45) is 0.886. The number of aliphatic hydroxyl groups excluding tert-OH is 1. The number of rotatable bonds is 9. The maximum absolute atomic E-state index is 13.2. The second kappa shape index (κ2) is 11.4. The number of nitrogens with zero attached hydrogens (tertiary/aromatic N) is 2. The van der Waals surface area contributed by atoms with Crippen LogP contribution in [0.2, 0.25) is 0 Å². The molecule has 8 heteroatoms. The Bertz CT molecular complexity index is 1060. The minimum Gasteiger partial charge on any atom is -0.507 e. The maximum Gasteiger partial charge on any atom is 0.295 e. The summed E-state index contributed by atoms with van der Waals surface area (Å²) in [5.41, 5.74) is 1.28. The molecule has 186 valence electrons. The summed E-state index contributed by atoms with van der Waals surface area (Å²) in [5.74, 6) is -0.136. The van der Waals surface area contributed by atoms with Gasteiger partial charge >= 0.3 is 0 Å². The first-order valence-corrected chi connectivity index (χ1v) is 12.0. The summed E-state index contributed by atoms with van der Waals surface area (Å²) in [4.78, 5) is 30.1. The highest BCUT2D eigenvalue weighted by molar-refractivity contribution is 6.46. The average molecular weight is 481 g/mol. The summed E-state index contributed by atoms with van der Waals surface area (Å²) in [6.45, 7) is 6.47. The first-order valence-electron chi connectivity index (χ1n) is 12.0. The fraction of sp³-hybridized carbons (Fsp3) is 0.407. The van der Waals surface area contributed by atoms with Gasteiger partial charge in [0.25, 0.3) is 11.7 Å². The fourth-order valence-electron chi connectivity index (χ4n) is 4.40. The third-order valence-corrected chi connectivity index (χ3v) is 6.33. The number of ketones is 1. The lowest BCUT2D eigenvalue weighted by atomic mass is 9.95. The van der Waals surface area contributed by atoms with E-state index >= 15 is 0 Å². The van der Waals surface area contributed by atoms with E-state index in [0.717, 1.165) is 25.1 Å². The van der Waals surface area contributed by atoms with Gasteiger partial charge in [-0.15, -0.1) is 0 Å². The van der Waals surface area contributed by atoms with E-state index in [1.807, 2.05) is 19.1 Å². The molecular formula is C27H32N2O6. The molecule has 4 rings (SSSR count). The second-order valence-electron chi connectivity index (χ2n) is 8.59. The van der Waals surface area contributed by atoms with Gasteiger partial charge in [0.15, 0.2) is 0 Å². The van der Waals surface area contributed by atoms with Crippen LogP contribution in [0, 0.1) is 0 Å². The van der Waals surface area contributed by atoms with Gasteiger partial charge in [0.05, 0.1) is 38.5 Å². The van der Waals surface area contributed by atoms with Crippen molar-refractivity contribution in [3.8, 4) is 11.5 Å². The quantitative estimate of drug-likeness (QED) is 0.335. The molecular weight excluding hydrogens is 448 g/mol. The molecule has 0 saturated carbocycles. The van der Waals surface area contributed by atoms with Crippen LogP contribution < -0.4 is 9.47 Å². The first kappa shape index (κ1) is 24.8. The lowest BCUT2D eigenvalue weighted by Crippen LogP contribution is -2.42. The van der Waals surface area contributed by atoms with Crippen LogP contribution in [0.1, 0.15) is 30.5 Å². The summed E-state index contributed by atoms with van der Waals surface area (Å²) >= 11 is 0. The van der Waals surface area contributed by atoms with Gasteiger partial charge in [-0.1, -0.05) is 19.1 Å². The Balaban J connectivity index is 1.68. The van der Waals surface area contributed by atoms with Crippen molar-refractivity contribution in [1.29, 1.82) is 0 Å². The predicted molar refractivity (Wildman–Crippen MR) is 131 cm³/mol. The number of ether oxygens (including phenoxy) is 3. The molecule has 1 amide bonds. The highest BCUT2D eigenvalue weighted by Gasteiger charge is 2.46. The maximum atomic E-state index is 13.2. The molecule has 0 spiro atoms. The van der Waals surface area contributed by atoms with Crippen molar-refractivity contribution >= 4 is 17.4 Å². The topological polar surface area (TPSA) is 88.5 Å². The van der Waals surface area contributed by atoms with Crippen LogP contribution in [0.3, 0.4) is 0 Å².